The van der Waals surface area contributed by atoms with Gasteiger partial charge in [-0.05, 0) is 30.4 Å². The van der Waals surface area contributed by atoms with Gasteiger partial charge >= 0.3 is 0 Å². The highest BCUT2D eigenvalue weighted by atomic mass is 16.5. The molecule has 1 aliphatic carbocycles. The molecule has 1 aromatic carbocycles. The van der Waals surface area contributed by atoms with Crippen LogP contribution in [0.25, 0.3) is 0 Å². The third-order valence-corrected chi connectivity index (χ3v) is 4.29. The van der Waals surface area contributed by atoms with E-state index in [-0.39, 0.29) is 11.8 Å². The van der Waals surface area contributed by atoms with Gasteiger partial charge in [-0.3, -0.25) is 0 Å². The Hall–Kier alpha value is -1.68. The maximum Gasteiger partial charge on any atom is 0.232 e. The molecule has 0 spiro atoms. The van der Waals surface area contributed by atoms with Crippen molar-refractivity contribution in [2.45, 2.75) is 51.0 Å². The van der Waals surface area contributed by atoms with E-state index < -0.39 is 6.10 Å². The highest BCUT2D eigenvalue weighted by Crippen LogP contribution is 2.37. The van der Waals surface area contributed by atoms with Crippen LogP contribution in [0.15, 0.2) is 28.8 Å². The average molecular weight is 272 g/mol. The molecule has 1 aliphatic rings. The summed E-state index contributed by atoms with van der Waals surface area (Å²) in [5.74, 6) is 1.41. The Kier molecular flexibility index (Phi) is 3.57. The topological polar surface area (TPSA) is 59.2 Å². The van der Waals surface area contributed by atoms with Gasteiger partial charge in [0.05, 0.1) is 12.0 Å². The zero-order valence-electron chi connectivity index (χ0n) is 11.9. The maximum absolute atomic E-state index is 9.88. The van der Waals surface area contributed by atoms with Crippen molar-refractivity contribution in [3.05, 3.63) is 47.1 Å². The number of nitrogens with zero attached hydrogens (tertiary/aromatic N) is 2. The molecule has 2 aromatic rings. The van der Waals surface area contributed by atoms with Crippen molar-refractivity contribution in [3.8, 4) is 0 Å². The van der Waals surface area contributed by atoms with Crippen LogP contribution < -0.4 is 0 Å². The normalized spacial score (nSPS) is 20.6. The molecule has 1 N–H and O–H groups in total. The summed E-state index contributed by atoms with van der Waals surface area (Å²) in [6, 6.07) is 8.44. The smallest absolute Gasteiger partial charge is 0.232 e. The first-order valence-electron chi connectivity index (χ1n) is 7.30. The molecule has 106 valence electrons. The molecule has 0 bridgehead atoms. The van der Waals surface area contributed by atoms with E-state index in [1.807, 2.05) is 13.8 Å². The van der Waals surface area contributed by atoms with E-state index >= 15 is 0 Å². The van der Waals surface area contributed by atoms with Gasteiger partial charge in [0.25, 0.3) is 0 Å². The van der Waals surface area contributed by atoms with E-state index in [4.69, 9.17) is 4.52 Å². The predicted molar refractivity (Wildman–Crippen MR) is 75.6 cm³/mol. The number of rotatable bonds is 4. The predicted octanol–water partition coefficient (Wildman–Crippen LogP) is 3.02. The van der Waals surface area contributed by atoms with Crippen LogP contribution in [0.4, 0.5) is 0 Å². The Morgan fingerprint density at radius 2 is 2.20 bits per heavy atom. The lowest BCUT2D eigenvalue weighted by Gasteiger charge is -2.12. The minimum atomic E-state index is -0.431. The summed E-state index contributed by atoms with van der Waals surface area (Å²) in [4.78, 5) is 4.52. The molecule has 0 aliphatic heterocycles. The second kappa shape index (κ2) is 5.37. The summed E-state index contributed by atoms with van der Waals surface area (Å²) in [5, 5.41) is 14.0. The molecular weight excluding hydrogens is 252 g/mol. The highest BCUT2D eigenvalue weighted by molar-refractivity contribution is 5.38. The van der Waals surface area contributed by atoms with Gasteiger partial charge in [0.2, 0.25) is 5.89 Å². The fourth-order valence-electron chi connectivity index (χ4n) is 2.92. The van der Waals surface area contributed by atoms with Crippen molar-refractivity contribution in [2.75, 3.05) is 0 Å². The summed E-state index contributed by atoms with van der Waals surface area (Å²) in [5.41, 5.74) is 2.69. The van der Waals surface area contributed by atoms with Crippen molar-refractivity contribution < 1.29 is 9.63 Å². The van der Waals surface area contributed by atoms with Crippen molar-refractivity contribution in [1.29, 1.82) is 0 Å². The molecule has 3 atom stereocenters. The molecule has 3 rings (SSSR count). The fraction of sp³-hybridized carbons (Fsp3) is 0.500. The minimum absolute atomic E-state index is 0.113. The van der Waals surface area contributed by atoms with Gasteiger partial charge < -0.3 is 9.63 Å². The highest BCUT2D eigenvalue weighted by Gasteiger charge is 2.29. The first kappa shape index (κ1) is 13.3. The number of aryl methyl sites for hydroxylation is 1. The second-order valence-electron chi connectivity index (χ2n) is 5.55. The van der Waals surface area contributed by atoms with Crippen LogP contribution in [-0.2, 0) is 6.42 Å². The van der Waals surface area contributed by atoms with E-state index in [1.165, 1.54) is 11.1 Å². The van der Waals surface area contributed by atoms with E-state index in [0.717, 1.165) is 18.7 Å². The zero-order valence-corrected chi connectivity index (χ0v) is 11.9. The van der Waals surface area contributed by atoms with Crippen LogP contribution in [-0.4, -0.2) is 21.4 Å². The van der Waals surface area contributed by atoms with E-state index in [2.05, 4.69) is 34.4 Å². The van der Waals surface area contributed by atoms with Crippen LogP contribution in [0.2, 0.25) is 0 Å². The minimum Gasteiger partial charge on any atom is -0.392 e. The van der Waals surface area contributed by atoms with Crippen LogP contribution in [0, 0.1) is 0 Å². The van der Waals surface area contributed by atoms with Crippen molar-refractivity contribution in [3.63, 3.8) is 0 Å². The zero-order chi connectivity index (χ0) is 14.1. The number of hydrogen-bond acceptors (Lipinski definition) is 4. The first-order valence-corrected chi connectivity index (χ1v) is 7.30. The fourth-order valence-corrected chi connectivity index (χ4v) is 2.92. The summed E-state index contributed by atoms with van der Waals surface area (Å²) >= 11 is 0. The van der Waals surface area contributed by atoms with E-state index in [1.54, 1.807) is 0 Å². The molecule has 3 unspecified atom stereocenters. The summed E-state index contributed by atoms with van der Waals surface area (Å²) in [6.07, 6.45) is 2.35. The van der Waals surface area contributed by atoms with Crippen molar-refractivity contribution in [2.24, 2.45) is 0 Å². The number of aromatic nitrogens is 2. The Bertz CT molecular complexity index is 594. The quantitative estimate of drug-likeness (QED) is 0.929. The summed E-state index contributed by atoms with van der Waals surface area (Å²) in [7, 11) is 0. The molecule has 1 heterocycles. The van der Waals surface area contributed by atoms with E-state index in [9.17, 15) is 5.11 Å². The molecule has 0 saturated carbocycles. The average Bonchev–Trinajstić information content (AvgIpc) is 3.11. The van der Waals surface area contributed by atoms with Gasteiger partial charge in [-0.15, -0.1) is 0 Å². The van der Waals surface area contributed by atoms with Crippen molar-refractivity contribution in [1.82, 2.24) is 10.1 Å². The standard InChI is InChI=1S/C16H20N2O2/c1-3-14(19)10(2)16-17-15(18-20-16)13-9-8-11-6-4-5-7-12(11)13/h4-7,10,13-14,19H,3,8-9H2,1-2H3. The largest absolute Gasteiger partial charge is 0.392 e. The number of aliphatic hydroxyl groups excluding tert-OH is 1. The molecule has 0 radical (unpaired) electrons. The Labute approximate surface area is 118 Å². The van der Waals surface area contributed by atoms with Crippen LogP contribution in [0.5, 0.6) is 0 Å². The van der Waals surface area contributed by atoms with Gasteiger partial charge in [0.1, 0.15) is 0 Å². The van der Waals surface area contributed by atoms with Crippen LogP contribution >= 0.6 is 0 Å². The monoisotopic (exact) mass is 272 g/mol. The third kappa shape index (κ3) is 2.24. The molecule has 1 aromatic heterocycles. The third-order valence-electron chi connectivity index (χ3n) is 4.29. The van der Waals surface area contributed by atoms with Gasteiger partial charge in [-0.2, -0.15) is 4.98 Å². The van der Waals surface area contributed by atoms with Gasteiger partial charge in [-0.1, -0.05) is 43.3 Å². The van der Waals surface area contributed by atoms with E-state index in [0.29, 0.717) is 12.3 Å². The number of aliphatic hydroxyl groups is 1. The molecular formula is C16H20N2O2. The lowest BCUT2D eigenvalue weighted by Crippen LogP contribution is -2.14. The number of benzene rings is 1. The maximum atomic E-state index is 9.88. The summed E-state index contributed by atoms with van der Waals surface area (Å²) in [6.45, 7) is 3.87. The Balaban J connectivity index is 1.85. The number of hydrogen-bond donors (Lipinski definition) is 1. The van der Waals surface area contributed by atoms with Crippen LogP contribution in [0.1, 0.15) is 61.4 Å². The number of fused-ring (bicyclic) bond motifs is 1. The van der Waals surface area contributed by atoms with Gasteiger partial charge in [-0.25, -0.2) is 0 Å². The molecule has 4 heteroatoms. The molecule has 20 heavy (non-hydrogen) atoms. The first-order chi connectivity index (χ1) is 9.70. The lowest BCUT2D eigenvalue weighted by molar-refractivity contribution is 0.129. The Morgan fingerprint density at radius 1 is 1.40 bits per heavy atom. The van der Waals surface area contributed by atoms with Crippen LogP contribution in [0.3, 0.4) is 0 Å². The molecule has 0 fully saturated rings. The summed E-state index contributed by atoms with van der Waals surface area (Å²) < 4.78 is 5.36. The van der Waals surface area contributed by atoms with Gasteiger partial charge in [0.15, 0.2) is 5.82 Å². The molecule has 4 nitrogen and oxygen atoms in total. The Morgan fingerprint density at radius 3 is 3.00 bits per heavy atom. The second-order valence-corrected chi connectivity index (χ2v) is 5.55. The van der Waals surface area contributed by atoms with Gasteiger partial charge in [0, 0.05) is 5.92 Å². The SMILES string of the molecule is CCC(O)C(C)c1nc(C2CCc3ccccc32)no1. The molecule has 0 saturated heterocycles. The lowest BCUT2D eigenvalue weighted by atomic mass is 10.0. The molecule has 0 amide bonds. The van der Waals surface area contributed by atoms with Crippen molar-refractivity contribution >= 4 is 0 Å².